The molecule has 5 heteroatoms. The van der Waals surface area contributed by atoms with Crippen molar-refractivity contribution < 1.29 is 23.7 Å². The first-order valence-electron chi connectivity index (χ1n) is 10.1. The van der Waals surface area contributed by atoms with Gasteiger partial charge in [-0.25, -0.2) is 0 Å². The number of benzene rings is 1. The number of hydrogen-bond donors (Lipinski definition) is 0. The summed E-state index contributed by atoms with van der Waals surface area (Å²) in [6, 6.07) is 0. The van der Waals surface area contributed by atoms with E-state index in [1.165, 1.54) is 0 Å². The Morgan fingerprint density at radius 1 is 1.07 bits per heavy atom. The Balaban J connectivity index is 2.13. The van der Waals surface area contributed by atoms with Crippen molar-refractivity contribution in [3.05, 3.63) is 22.8 Å². The van der Waals surface area contributed by atoms with Crippen LogP contribution in [0.1, 0.15) is 62.6 Å². The van der Waals surface area contributed by atoms with Crippen LogP contribution in [0.4, 0.5) is 0 Å². The smallest absolute Gasteiger partial charge is 0.317 e. The predicted molar refractivity (Wildman–Crippen MR) is 107 cm³/mol. The van der Waals surface area contributed by atoms with Crippen LogP contribution in [0.15, 0.2) is 6.08 Å². The van der Waals surface area contributed by atoms with Crippen molar-refractivity contribution in [2.45, 2.75) is 51.4 Å². The van der Waals surface area contributed by atoms with Crippen molar-refractivity contribution in [2.75, 3.05) is 27.9 Å². The molecule has 1 heterocycles. The molecule has 152 valence electrons. The average molecular weight is 386 g/mol. The standard InChI is InChI=1S/C23H30O5/c1-13(2)16-18(25-4)14-8-9-15-22(3)10-7-11-23(15,21(24)28-12-22)17(14)20(27-6)19(16)26-5/h8-9,13,15H,7,10-12H2,1-6H3/t15?,22-,23-/m0/s1. The number of cyclic esters (lactones) is 1. The van der Waals surface area contributed by atoms with Gasteiger partial charge in [-0.2, -0.15) is 0 Å². The van der Waals surface area contributed by atoms with E-state index in [4.69, 9.17) is 18.9 Å². The van der Waals surface area contributed by atoms with Crippen molar-refractivity contribution >= 4 is 12.0 Å². The molecule has 0 radical (unpaired) electrons. The zero-order valence-corrected chi connectivity index (χ0v) is 17.7. The number of carbonyl (C=O) groups excluding carboxylic acids is 1. The van der Waals surface area contributed by atoms with Gasteiger partial charge in [-0.3, -0.25) is 4.79 Å². The average Bonchev–Trinajstić information content (AvgIpc) is 2.68. The van der Waals surface area contributed by atoms with Crippen LogP contribution in [-0.4, -0.2) is 33.9 Å². The molecule has 4 rings (SSSR count). The molecule has 0 N–H and O–H groups in total. The van der Waals surface area contributed by atoms with Gasteiger partial charge in [0.05, 0.1) is 27.9 Å². The fourth-order valence-electron chi connectivity index (χ4n) is 5.86. The number of rotatable bonds is 4. The zero-order valence-electron chi connectivity index (χ0n) is 17.7. The highest BCUT2D eigenvalue weighted by Gasteiger charge is 2.63. The molecular formula is C23H30O5. The maximum absolute atomic E-state index is 13.4. The highest BCUT2D eigenvalue weighted by atomic mass is 16.5. The summed E-state index contributed by atoms with van der Waals surface area (Å²) in [5.74, 6) is 2.15. The van der Waals surface area contributed by atoms with Gasteiger partial charge in [-0.05, 0) is 18.8 Å². The maximum atomic E-state index is 13.4. The Kier molecular flexibility index (Phi) is 4.40. The van der Waals surface area contributed by atoms with Gasteiger partial charge in [0.15, 0.2) is 11.5 Å². The molecule has 1 saturated carbocycles. The molecule has 3 aliphatic rings. The monoisotopic (exact) mass is 386 g/mol. The Labute approximate surface area is 167 Å². The molecule has 0 spiro atoms. The van der Waals surface area contributed by atoms with E-state index in [-0.39, 0.29) is 23.2 Å². The molecule has 1 aromatic carbocycles. The molecule has 2 fully saturated rings. The normalized spacial score (nSPS) is 30.4. The first kappa shape index (κ1) is 19.2. The second-order valence-corrected chi connectivity index (χ2v) is 8.85. The van der Waals surface area contributed by atoms with Crippen LogP contribution >= 0.6 is 0 Å². The summed E-state index contributed by atoms with van der Waals surface area (Å²) in [6.07, 6.45) is 7.10. The van der Waals surface area contributed by atoms with Crippen molar-refractivity contribution in [1.82, 2.24) is 0 Å². The molecular weight excluding hydrogens is 356 g/mol. The minimum Gasteiger partial charge on any atom is -0.496 e. The van der Waals surface area contributed by atoms with Crippen LogP contribution in [0.3, 0.4) is 0 Å². The Morgan fingerprint density at radius 3 is 2.36 bits per heavy atom. The van der Waals surface area contributed by atoms with Crippen LogP contribution < -0.4 is 14.2 Å². The summed E-state index contributed by atoms with van der Waals surface area (Å²) in [4.78, 5) is 13.4. The van der Waals surface area contributed by atoms with E-state index in [1.54, 1.807) is 21.3 Å². The number of ether oxygens (including phenoxy) is 4. The van der Waals surface area contributed by atoms with Crippen molar-refractivity contribution in [3.63, 3.8) is 0 Å². The number of esters is 1. The topological polar surface area (TPSA) is 54.0 Å². The largest absolute Gasteiger partial charge is 0.496 e. The van der Waals surface area contributed by atoms with Gasteiger partial charge in [-0.1, -0.05) is 39.3 Å². The molecule has 2 aliphatic carbocycles. The number of hydrogen-bond acceptors (Lipinski definition) is 5. The third kappa shape index (κ3) is 2.22. The lowest BCUT2D eigenvalue weighted by Gasteiger charge is -2.56. The van der Waals surface area contributed by atoms with E-state index in [1.807, 2.05) is 0 Å². The molecule has 1 saturated heterocycles. The fourth-order valence-corrected chi connectivity index (χ4v) is 5.86. The number of methoxy groups -OCH3 is 3. The Morgan fingerprint density at radius 2 is 1.75 bits per heavy atom. The van der Waals surface area contributed by atoms with Gasteiger partial charge in [0.2, 0.25) is 0 Å². The van der Waals surface area contributed by atoms with Crippen molar-refractivity contribution in [1.29, 1.82) is 0 Å². The second kappa shape index (κ2) is 6.43. The van der Waals surface area contributed by atoms with Crippen LogP contribution in [-0.2, 0) is 14.9 Å². The predicted octanol–water partition coefficient (Wildman–Crippen LogP) is 4.46. The van der Waals surface area contributed by atoms with Gasteiger partial charge in [-0.15, -0.1) is 0 Å². The van der Waals surface area contributed by atoms with E-state index in [2.05, 4.69) is 32.9 Å². The van der Waals surface area contributed by atoms with Gasteiger partial charge < -0.3 is 18.9 Å². The zero-order chi connectivity index (χ0) is 20.3. The van der Waals surface area contributed by atoms with Crippen LogP contribution in [0, 0.1) is 11.3 Å². The third-order valence-corrected chi connectivity index (χ3v) is 7.03. The van der Waals surface area contributed by atoms with Crippen LogP contribution in [0.25, 0.3) is 6.08 Å². The fraction of sp³-hybridized carbons (Fsp3) is 0.609. The van der Waals surface area contributed by atoms with Gasteiger partial charge >= 0.3 is 5.97 Å². The molecule has 0 amide bonds. The minimum atomic E-state index is -0.753. The summed E-state index contributed by atoms with van der Waals surface area (Å²) in [7, 11) is 4.97. The van der Waals surface area contributed by atoms with Crippen LogP contribution in [0.2, 0.25) is 0 Å². The summed E-state index contributed by atoms with van der Waals surface area (Å²) < 4.78 is 23.4. The van der Waals surface area contributed by atoms with Crippen LogP contribution in [0.5, 0.6) is 17.2 Å². The van der Waals surface area contributed by atoms with E-state index in [0.717, 1.165) is 41.7 Å². The first-order valence-corrected chi connectivity index (χ1v) is 10.1. The lowest BCUT2D eigenvalue weighted by Crippen LogP contribution is -2.59. The molecule has 3 atom stereocenters. The highest BCUT2D eigenvalue weighted by Crippen LogP contribution is 2.64. The van der Waals surface area contributed by atoms with E-state index >= 15 is 0 Å². The Bertz CT molecular complexity index is 855. The maximum Gasteiger partial charge on any atom is 0.317 e. The lowest BCUT2D eigenvalue weighted by atomic mass is 9.49. The SMILES string of the molecule is COc1c2c(c(OC)c(OC)c1C(C)C)[C@@]13CCC[C@@](C)(COC1=O)C3C=C2. The lowest BCUT2D eigenvalue weighted by molar-refractivity contribution is -0.177. The minimum absolute atomic E-state index is 0.0669. The number of allylic oxidation sites excluding steroid dienone is 1. The van der Waals surface area contributed by atoms with E-state index in [0.29, 0.717) is 18.1 Å². The van der Waals surface area contributed by atoms with E-state index in [9.17, 15) is 4.79 Å². The molecule has 5 nitrogen and oxygen atoms in total. The third-order valence-electron chi connectivity index (χ3n) is 7.03. The summed E-state index contributed by atoms with van der Waals surface area (Å²) in [6.45, 7) is 6.91. The summed E-state index contributed by atoms with van der Waals surface area (Å²) in [5.41, 5.74) is 1.93. The summed E-state index contributed by atoms with van der Waals surface area (Å²) >= 11 is 0. The number of carbonyl (C=O) groups is 1. The summed E-state index contributed by atoms with van der Waals surface area (Å²) in [5, 5.41) is 0. The molecule has 28 heavy (non-hydrogen) atoms. The second-order valence-electron chi connectivity index (χ2n) is 8.85. The Hall–Kier alpha value is -2.17. The molecule has 1 aromatic rings. The van der Waals surface area contributed by atoms with Gasteiger partial charge in [0.25, 0.3) is 0 Å². The van der Waals surface area contributed by atoms with Gasteiger partial charge in [0, 0.05) is 28.0 Å². The molecule has 1 unspecified atom stereocenters. The van der Waals surface area contributed by atoms with Crippen molar-refractivity contribution in [2.24, 2.45) is 11.3 Å². The van der Waals surface area contributed by atoms with Gasteiger partial charge in [0.1, 0.15) is 11.2 Å². The number of fused-ring (bicyclic) bond motifs is 1. The molecule has 2 bridgehead atoms. The van der Waals surface area contributed by atoms with Crippen molar-refractivity contribution in [3.8, 4) is 17.2 Å². The molecule has 1 aliphatic heterocycles. The molecule has 0 aromatic heterocycles. The van der Waals surface area contributed by atoms with E-state index < -0.39 is 5.41 Å². The highest BCUT2D eigenvalue weighted by molar-refractivity contribution is 5.92. The first-order chi connectivity index (χ1) is 13.4. The quantitative estimate of drug-likeness (QED) is 0.715.